The van der Waals surface area contributed by atoms with Gasteiger partial charge in [-0.2, -0.15) is 9.13 Å². The lowest BCUT2D eigenvalue weighted by Gasteiger charge is -2.22. The Balaban J connectivity index is 1.26. The maximum atomic E-state index is 9.50. The van der Waals surface area contributed by atoms with Crippen LogP contribution in [0.5, 0.6) is 0 Å². The summed E-state index contributed by atoms with van der Waals surface area (Å²) in [6, 6.07) is 26.8. The fourth-order valence-corrected chi connectivity index (χ4v) is 7.19. The summed E-state index contributed by atoms with van der Waals surface area (Å²) in [6.07, 6.45) is 13.3. The van der Waals surface area contributed by atoms with Gasteiger partial charge in [-0.15, -0.1) is 0 Å². The molecule has 4 aromatic rings. The first kappa shape index (κ1) is 37.2. The van der Waals surface area contributed by atoms with Crippen LogP contribution in [0.1, 0.15) is 28.1 Å². The van der Waals surface area contributed by atoms with Crippen molar-refractivity contribution in [1.29, 1.82) is 0 Å². The number of anilines is 2. The van der Waals surface area contributed by atoms with Gasteiger partial charge in [-0.1, -0.05) is 39.8 Å². The number of nitrogens with one attached hydrogen (secondary N) is 1. The normalized spacial score (nSPS) is 11.5. The van der Waals surface area contributed by atoms with Gasteiger partial charge in [0.1, 0.15) is 0 Å². The van der Waals surface area contributed by atoms with E-state index < -0.39 is 0 Å². The SMILES string of the molecule is OCCNc1ccc(C=Cc2cccc[n+]2CCSSCC[n+]2ccccc2C=Cc2ccc(N(CCO)CCO)cc2)cc1CCO. The largest absolute Gasteiger partial charge is 0.396 e. The standard InChI is InChI=1S/C38H47N4O4S2/c43-25-17-34-31-33(11-16-38(34)39-18-26-44)10-15-36-6-2-4-20-41(36)24-30-48-47-29-23-40-19-3-1-5-35(40)12-7-32-8-13-37(14-9-32)42(21-27-45)22-28-46/h1-16,19-20,31,43-46H,17-18,21-30H2/q+1/p+1. The molecule has 0 atom stereocenters. The van der Waals surface area contributed by atoms with Gasteiger partial charge in [-0.25, -0.2) is 0 Å². The van der Waals surface area contributed by atoms with Crippen molar-refractivity contribution in [2.24, 2.45) is 0 Å². The Kier molecular flexibility index (Phi) is 16.5. The van der Waals surface area contributed by atoms with E-state index >= 15 is 0 Å². The molecule has 0 aliphatic heterocycles. The van der Waals surface area contributed by atoms with E-state index in [1.54, 1.807) is 0 Å². The fraction of sp³-hybridized carbons (Fsp3) is 0.316. The van der Waals surface area contributed by atoms with Gasteiger partial charge in [0.05, 0.1) is 31.3 Å². The molecular formula is C38H48N4O4S2+2. The molecule has 0 unspecified atom stereocenters. The van der Waals surface area contributed by atoms with E-state index in [0.29, 0.717) is 26.1 Å². The molecule has 48 heavy (non-hydrogen) atoms. The van der Waals surface area contributed by atoms with Crippen molar-refractivity contribution >= 4 is 57.3 Å². The predicted molar refractivity (Wildman–Crippen MR) is 202 cm³/mol. The van der Waals surface area contributed by atoms with Crippen LogP contribution in [0.3, 0.4) is 0 Å². The Bertz CT molecular complexity index is 1580. The lowest BCUT2D eigenvalue weighted by Crippen LogP contribution is -2.38. The zero-order valence-electron chi connectivity index (χ0n) is 27.4. The Hall–Kier alpha value is -3.64. The summed E-state index contributed by atoms with van der Waals surface area (Å²) < 4.78 is 4.55. The number of aryl methyl sites for hydroxylation is 2. The highest BCUT2D eigenvalue weighted by atomic mass is 33.1. The molecule has 2 aromatic heterocycles. The van der Waals surface area contributed by atoms with Crippen LogP contribution in [0.2, 0.25) is 0 Å². The third-order valence-corrected chi connectivity index (χ3v) is 10.1. The van der Waals surface area contributed by atoms with Crippen LogP contribution in [0.15, 0.2) is 91.3 Å². The van der Waals surface area contributed by atoms with Crippen LogP contribution in [0.4, 0.5) is 11.4 Å². The maximum absolute atomic E-state index is 9.50. The molecule has 0 aliphatic rings. The van der Waals surface area contributed by atoms with Crippen LogP contribution in [-0.2, 0) is 19.5 Å². The summed E-state index contributed by atoms with van der Waals surface area (Å²) in [4.78, 5) is 1.97. The second-order valence-corrected chi connectivity index (χ2v) is 13.7. The first-order valence-electron chi connectivity index (χ1n) is 16.4. The molecule has 5 N–H and O–H groups in total. The highest BCUT2D eigenvalue weighted by Crippen LogP contribution is 2.22. The van der Waals surface area contributed by atoms with E-state index in [9.17, 15) is 15.3 Å². The molecule has 2 heterocycles. The highest BCUT2D eigenvalue weighted by molar-refractivity contribution is 8.76. The average molecular weight is 689 g/mol. The number of aliphatic hydroxyl groups excluding tert-OH is 4. The monoisotopic (exact) mass is 688 g/mol. The van der Waals surface area contributed by atoms with E-state index in [1.807, 2.05) is 44.7 Å². The van der Waals surface area contributed by atoms with Crippen LogP contribution >= 0.6 is 21.6 Å². The molecule has 10 heteroatoms. The van der Waals surface area contributed by atoms with E-state index in [1.165, 1.54) is 0 Å². The molecule has 0 aliphatic carbocycles. The maximum Gasteiger partial charge on any atom is 0.205 e. The number of benzene rings is 2. The third kappa shape index (κ3) is 12.1. The van der Waals surface area contributed by atoms with Gasteiger partial charge in [-0.3, -0.25) is 0 Å². The van der Waals surface area contributed by atoms with Crippen LogP contribution in [0.25, 0.3) is 24.3 Å². The molecule has 0 bridgehead atoms. The summed E-state index contributed by atoms with van der Waals surface area (Å²) in [6.45, 7) is 3.52. The minimum absolute atomic E-state index is 0.0498. The number of hydrogen-bond acceptors (Lipinski definition) is 8. The molecule has 0 radical (unpaired) electrons. The van der Waals surface area contributed by atoms with Crippen LogP contribution in [-0.4, -0.2) is 78.0 Å². The molecule has 0 fully saturated rings. The number of rotatable bonds is 21. The molecule has 254 valence electrons. The van der Waals surface area contributed by atoms with E-state index in [2.05, 4.69) is 112 Å². The lowest BCUT2D eigenvalue weighted by molar-refractivity contribution is -0.694. The lowest BCUT2D eigenvalue weighted by atomic mass is 10.0. The van der Waals surface area contributed by atoms with Crippen LogP contribution < -0.4 is 19.4 Å². The van der Waals surface area contributed by atoms with Gasteiger partial charge in [0.2, 0.25) is 11.4 Å². The smallest absolute Gasteiger partial charge is 0.205 e. The number of pyridine rings is 2. The Morgan fingerprint density at radius 1 is 0.625 bits per heavy atom. The number of aliphatic hydroxyl groups is 4. The first-order chi connectivity index (χ1) is 23.6. The van der Waals surface area contributed by atoms with Gasteiger partial charge < -0.3 is 30.6 Å². The molecule has 2 aromatic carbocycles. The summed E-state index contributed by atoms with van der Waals surface area (Å²) in [7, 11) is 3.78. The Morgan fingerprint density at radius 3 is 1.77 bits per heavy atom. The molecule has 8 nitrogen and oxygen atoms in total. The van der Waals surface area contributed by atoms with Gasteiger partial charge in [0.25, 0.3) is 0 Å². The summed E-state index contributed by atoms with van der Waals surface area (Å²) in [5.74, 6) is 1.98. The number of hydrogen-bond donors (Lipinski definition) is 5. The quantitative estimate of drug-likeness (QED) is 0.0499. The molecule has 0 saturated heterocycles. The van der Waals surface area contributed by atoms with Crippen molar-refractivity contribution in [3.05, 3.63) is 119 Å². The first-order valence-corrected chi connectivity index (χ1v) is 18.9. The molecule has 0 saturated carbocycles. The molecular weight excluding hydrogens is 641 g/mol. The Morgan fingerprint density at radius 2 is 1.21 bits per heavy atom. The van der Waals surface area contributed by atoms with Crippen molar-refractivity contribution in [3.8, 4) is 0 Å². The summed E-state index contributed by atoms with van der Waals surface area (Å²) >= 11 is 0. The zero-order chi connectivity index (χ0) is 33.8. The van der Waals surface area contributed by atoms with Crippen molar-refractivity contribution in [3.63, 3.8) is 0 Å². The van der Waals surface area contributed by atoms with Crippen molar-refractivity contribution in [2.45, 2.75) is 19.5 Å². The molecule has 0 amide bonds. The van der Waals surface area contributed by atoms with Crippen LogP contribution in [0, 0.1) is 0 Å². The predicted octanol–water partition coefficient (Wildman–Crippen LogP) is 4.41. The Labute approximate surface area is 292 Å². The topological polar surface area (TPSA) is 104 Å². The van der Waals surface area contributed by atoms with Crippen molar-refractivity contribution in [1.82, 2.24) is 0 Å². The zero-order valence-corrected chi connectivity index (χ0v) is 29.0. The van der Waals surface area contributed by atoms with E-state index in [0.717, 1.165) is 64.0 Å². The van der Waals surface area contributed by atoms with Gasteiger partial charge in [-0.05, 0) is 71.7 Å². The van der Waals surface area contributed by atoms with E-state index in [-0.39, 0.29) is 26.4 Å². The van der Waals surface area contributed by atoms with Crippen molar-refractivity contribution < 1.29 is 29.6 Å². The fourth-order valence-electron chi connectivity index (χ4n) is 5.26. The van der Waals surface area contributed by atoms with Gasteiger partial charge in [0.15, 0.2) is 25.5 Å². The van der Waals surface area contributed by atoms with E-state index in [4.69, 9.17) is 5.11 Å². The third-order valence-electron chi connectivity index (χ3n) is 7.69. The minimum Gasteiger partial charge on any atom is -0.396 e. The number of aromatic nitrogens is 2. The minimum atomic E-state index is 0.0498. The van der Waals surface area contributed by atoms with Crippen molar-refractivity contribution in [2.75, 3.05) is 67.8 Å². The number of nitrogens with zero attached hydrogens (tertiary/aromatic N) is 3. The molecule has 4 rings (SSSR count). The second kappa shape index (κ2) is 21.4. The summed E-state index contributed by atoms with van der Waals surface area (Å²) in [5.41, 5.74) is 7.41. The van der Waals surface area contributed by atoms with Gasteiger partial charge >= 0.3 is 0 Å². The average Bonchev–Trinajstić information content (AvgIpc) is 3.12. The summed E-state index contributed by atoms with van der Waals surface area (Å²) in [5, 5.41) is 40.5. The highest BCUT2D eigenvalue weighted by Gasteiger charge is 2.10. The van der Waals surface area contributed by atoms with Gasteiger partial charge in [0, 0.05) is 74.0 Å². The molecule has 0 spiro atoms. The second-order valence-electron chi connectivity index (χ2n) is 11.0.